The minimum absolute atomic E-state index is 0.00423. The maximum Gasteiger partial charge on any atom is 0.416 e. The van der Waals surface area contributed by atoms with Crippen molar-refractivity contribution in [1.29, 1.82) is 0 Å². The standard InChI is InChI=1S/C19H18F3N3O3/c1-12(26)23-9-8-17(27)24-15-6-2-4-13(10-15)18(28)25-16-7-3-5-14(11-16)19(20,21)22/h2-7,10-11H,8-9H2,1H3,(H,23,26)(H,24,27)(H,25,28). The monoisotopic (exact) mass is 393 g/mol. The summed E-state index contributed by atoms with van der Waals surface area (Å²) in [7, 11) is 0. The van der Waals surface area contributed by atoms with Crippen LogP contribution in [-0.4, -0.2) is 24.3 Å². The van der Waals surface area contributed by atoms with E-state index >= 15 is 0 Å². The van der Waals surface area contributed by atoms with E-state index in [1.807, 2.05) is 0 Å². The van der Waals surface area contributed by atoms with Gasteiger partial charge in [0.05, 0.1) is 5.56 Å². The van der Waals surface area contributed by atoms with Crippen LogP contribution in [0.15, 0.2) is 48.5 Å². The molecule has 9 heteroatoms. The molecule has 2 aromatic carbocycles. The topological polar surface area (TPSA) is 87.3 Å². The smallest absolute Gasteiger partial charge is 0.356 e. The molecule has 0 aliphatic heterocycles. The van der Waals surface area contributed by atoms with Gasteiger partial charge in [0.2, 0.25) is 11.8 Å². The molecule has 0 spiro atoms. The lowest BCUT2D eigenvalue weighted by Crippen LogP contribution is -2.25. The van der Waals surface area contributed by atoms with Crippen molar-refractivity contribution in [3.05, 3.63) is 59.7 Å². The lowest BCUT2D eigenvalue weighted by molar-refractivity contribution is -0.137. The van der Waals surface area contributed by atoms with Crippen LogP contribution < -0.4 is 16.0 Å². The minimum atomic E-state index is -4.51. The van der Waals surface area contributed by atoms with Gasteiger partial charge in [0.1, 0.15) is 0 Å². The molecule has 0 aliphatic carbocycles. The Hall–Kier alpha value is -3.36. The van der Waals surface area contributed by atoms with Crippen LogP contribution in [0.5, 0.6) is 0 Å². The number of hydrogen-bond donors (Lipinski definition) is 3. The van der Waals surface area contributed by atoms with Crippen LogP contribution in [0.4, 0.5) is 24.5 Å². The molecule has 0 aliphatic rings. The van der Waals surface area contributed by atoms with Crippen LogP contribution in [0.2, 0.25) is 0 Å². The quantitative estimate of drug-likeness (QED) is 0.703. The normalized spacial score (nSPS) is 10.9. The Balaban J connectivity index is 2.02. The highest BCUT2D eigenvalue weighted by atomic mass is 19.4. The molecule has 0 saturated heterocycles. The molecule has 3 N–H and O–H groups in total. The van der Waals surface area contributed by atoms with E-state index in [2.05, 4.69) is 16.0 Å². The van der Waals surface area contributed by atoms with E-state index in [1.165, 1.54) is 37.3 Å². The summed E-state index contributed by atoms with van der Waals surface area (Å²) in [5, 5.41) is 7.47. The summed E-state index contributed by atoms with van der Waals surface area (Å²) < 4.78 is 38.3. The van der Waals surface area contributed by atoms with Gasteiger partial charge in [-0.05, 0) is 36.4 Å². The number of carbonyl (C=O) groups is 3. The molecule has 0 fully saturated rings. The fourth-order valence-corrected chi connectivity index (χ4v) is 2.29. The van der Waals surface area contributed by atoms with Gasteiger partial charge in [0, 0.05) is 36.8 Å². The van der Waals surface area contributed by atoms with Crippen LogP contribution in [0.25, 0.3) is 0 Å². The summed E-state index contributed by atoms with van der Waals surface area (Å²) in [5.74, 6) is -1.22. The molecule has 0 heterocycles. The summed E-state index contributed by atoms with van der Waals surface area (Å²) in [6, 6.07) is 10.3. The third-order valence-electron chi connectivity index (χ3n) is 3.58. The third kappa shape index (κ3) is 6.42. The van der Waals surface area contributed by atoms with E-state index in [1.54, 1.807) is 6.07 Å². The van der Waals surface area contributed by atoms with Gasteiger partial charge in [-0.1, -0.05) is 12.1 Å². The van der Waals surface area contributed by atoms with Crippen molar-refractivity contribution in [1.82, 2.24) is 5.32 Å². The van der Waals surface area contributed by atoms with Crippen molar-refractivity contribution < 1.29 is 27.6 Å². The average Bonchev–Trinajstić information content (AvgIpc) is 2.61. The number of halogens is 3. The van der Waals surface area contributed by atoms with Crippen molar-refractivity contribution in [2.45, 2.75) is 19.5 Å². The summed E-state index contributed by atoms with van der Waals surface area (Å²) >= 11 is 0. The van der Waals surface area contributed by atoms with Crippen molar-refractivity contribution in [2.24, 2.45) is 0 Å². The number of hydrogen-bond acceptors (Lipinski definition) is 3. The zero-order valence-electron chi connectivity index (χ0n) is 14.9. The largest absolute Gasteiger partial charge is 0.416 e. The first kappa shape index (κ1) is 20.9. The highest BCUT2D eigenvalue weighted by Gasteiger charge is 2.30. The highest BCUT2D eigenvalue weighted by molar-refractivity contribution is 6.05. The van der Waals surface area contributed by atoms with Crippen LogP contribution >= 0.6 is 0 Å². The van der Waals surface area contributed by atoms with Crippen LogP contribution in [0, 0.1) is 0 Å². The Morgan fingerprint density at radius 1 is 0.929 bits per heavy atom. The Labute approximate surface area is 159 Å². The van der Waals surface area contributed by atoms with Gasteiger partial charge in [-0.15, -0.1) is 0 Å². The molecule has 0 radical (unpaired) electrons. The Morgan fingerprint density at radius 3 is 2.21 bits per heavy atom. The first-order valence-electron chi connectivity index (χ1n) is 8.28. The molecule has 0 bridgehead atoms. The fraction of sp³-hybridized carbons (Fsp3) is 0.211. The van der Waals surface area contributed by atoms with Crippen LogP contribution in [-0.2, 0) is 15.8 Å². The number of anilines is 2. The first-order valence-corrected chi connectivity index (χ1v) is 8.28. The first-order chi connectivity index (χ1) is 13.1. The number of rotatable bonds is 6. The Kier molecular flexibility index (Phi) is 6.75. The van der Waals surface area contributed by atoms with E-state index in [9.17, 15) is 27.6 Å². The molecule has 0 unspecified atom stereocenters. The molecular weight excluding hydrogens is 375 g/mol. The molecule has 2 rings (SSSR count). The lowest BCUT2D eigenvalue weighted by Gasteiger charge is -2.11. The summed E-state index contributed by atoms with van der Waals surface area (Å²) in [6.07, 6.45) is -4.46. The zero-order valence-corrected chi connectivity index (χ0v) is 14.9. The van der Waals surface area contributed by atoms with Gasteiger partial charge in [0.25, 0.3) is 5.91 Å². The molecule has 28 heavy (non-hydrogen) atoms. The van der Waals surface area contributed by atoms with Gasteiger partial charge in [-0.25, -0.2) is 0 Å². The molecule has 0 atom stereocenters. The van der Waals surface area contributed by atoms with Crippen molar-refractivity contribution in [3.63, 3.8) is 0 Å². The number of alkyl halides is 3. The summed E-state index contributed by atoms with van der Waals surface area (Å²) in [4.78, 5) is 34.9. The minimum Gasteiger partial charge on any atom is -0.356 e. The van der Waals surface area contributed by atoms with Gasteiger partial charge in [-0.3, -0.25) is 14.4 Å². The van der Waals surface area contributed by atoms with Crippen LogP contribution in [0.3, 0.4) is 0 Å². The molecule has 3 amide bonds. The zero-order chi connectivity index (χ0) is 20.7. The van der Waals surface area contributed by atoms with E-state index in [0.29, 0.717) is 5.69 Å². The molecule has 2 aromatic rings. The van der Waals surface area contributed by atoms with E-state index in [-0.39, 0.29) is 36.0 Å². The number of amides is 3. The molecule has 0 saturated carbocycles. The Morgan fingerprint density at radius 2 is 1.57 bits per heavy atom. The van der Waals surface area contributed by atoms with Crippen molar-refractivity contribution >= 4 is 29.1 Å². The summed E-state index contributed by atoms with van der Waals surface area (Å²) in [6.45, 7) is 1.52. The second-order valence-electron chi connectivity index (χ2n) is 5.89. The molecule has 148 valence electrons. The van der Waals surface area contributed by atoms with E-state index in [4.69, 9.17) is 0 Å². The maximum atomic E-state index is 12.8. The van der Waals surface area contributed by atoms with E-state index in [0.717, 1.165) is 12.1 Å². The fourth-order valence-electron chi connectivity index (χ4n) is 2.29. The van der Waals surface area contributed by atoms with Gasteiger partial charge < -0.3 is 16.0 Å². The van der Waals surface area contributed by atoms with Gasteiger partial charge >= 0.3 is 6.18 Å². The highest BCUT2D eigenvalue weighted by Crippen LogP contribution is 2.30. The van der Waals surface area contributed by atoms with Crippen molar-refractivity contribution in [3.8, 4) is 0 Å². The number of carbonyl (C=O) groups excluding carboxylic acids is 3. The summed E-state index contributed by atoms with van der Waals surface area (Å²) in [5.41, 5.74) is -0.350. The SMILES string of the molecule is CC(=O)NCCC(=O)Nc1cccc(C(=O)Nc2cccc(C(F)(F)F)c2)c1. The number of benzene rings is 2. The van der Waals surface area contributed by atoms with Gasteiger partial charge in [0.15, 0.2) is 0 Å². The second kappa shape index (κ2) is 9.03. The average molecular weight is 393 g/mol. The second-order valence-corrected chi connectivity index (χ2v) is 5.89. The Bertz CT molecular complexity index is 882. The van der Waals surface area contributed by atoms with Gasteiger partial charge in [-0.2, -0.15) is 13.2 Å². The molecular formula is C19H18F3N3O3. The molecule has 0 aromatic heterocycles. The van der Waals surface area contributed by atoms with Crippen LogP contribution in [0.1, 0.15) is 29.3 Å². The van der Waals surface area contributed by atoms with Crippen molar-refractivity contribution in [2.75, 3.05) is 17.2 Å². The van der Waals surface area contributed by atoms with E-state index < -0.39 is 17.6 Å². The predicted octanol–water partition coefficient (Wildman–Crippen LogP) is 3.42. The predicted molar refractivity (Wildman–Crippen MR) is 97.8 cm³/mol. The lowest BCUT2D eigenvalue weighted by atomic mass is 10.1. The molecule has 6 nitrogen and oxygen atoms in total. The number of nitrogens with one attached hydrogen (secondary N) is 3. The maximum absolute atomic E-state index is 12.8. The third-order valence-corrected chi connectivity index (χ3v) is 3.58.